The van der Waals surface area contributed by atoms with Crippen molar-refractivity contribution < 1.29 is 9.78 Å². The van der Waals surface area contributed by atoms with E-state index in [1.807, 2.05) is 6.07 Å². The third kappa shape index (κ3) is 1.74. The average Bonchev–Trinajstić information content (AvgIpc) is 1.91. The lowest BCUT2D eigenvalue weighted by Crippen LogP contribution is -2.01. The van der Waals surface area contributed by atoms with Crippen LogP contribution in [-0.4, -0.2) is 6.61 Å². The molecular weight excluding hydrogens is 118 g/mol. The molecule has 0 unspecified atom stereocenters. The summed E-state index contributed by atoms with van der Waals surface area (Å²) in [6, 6.07) is 2.03. The minimum Gasteiger partial charge on any atom is -0.345 e. The number of rotatable bonds is 1. The normalized spacial score (nSPS) is 17.4. The molecule has 0 fully saturated rings. The van der Waals surface area contributed by atoms with Gasteiger partial charge in [0.2, 0.25) is 0 Å². The summed E-state index contributed by atoms with van der Waals surface area (Å²) < 4.78 is 0. The van der Waals surface area contributed by atoms with Crippen LogP contribution in [0.3, 0.4) is 0 Å². The molecule has 0 bridgehead atoms. The third-order valence-corrected chi connectivity index (χ3v) is 1.10. The van der Waals surface area contributed by atoms with Crippen LogP contribution < -0.4 is 0 Å². The van der Waals surface area contributed by atoms with Crippen LogP contribution in [0.1, 0.15) is 12.8 Å². The number of nitriles is 1. The summed E-state index contributed by atoms with van der Waals surface area (Å²) in [5.74, 6) is 0. The van der Waals surface area contributed by atoms with E-state index in [9.17, 15) is 0 Å². The molecule has 0 saturated heterocycles. The molecule has 0 aromatic carbocycles. The fourth-order valence-corrected chi connectivity index (χ4v) is 0.613. The molecule has 9 heavy (non-hydrogen) atoms. The summed E-state index contributed by atoms with van der Waals surface area (Å²) in [5.41, 5.74) is 1.00. The van der Waals surface area contributed by atoms with Crippen LogP contribution in [0.5, 0.6) is 0 Å². The molecule has 0 atom stereocenters. The van der Waals surface area contributed by atoms with Crippen LogP contribution >= 0.6 is 0 Å². The zero-order valence-electron chi connectivity index (χ0n) is 4.96. The third-order valence-electron chi connectivity index (χ3n) is 1.10. The highest BCUT2D eigenvalue weighted by Crippen LogP contribution is 2.10. The summed E-state index contributed by atoms with van der Waals surface area (Å²) >= 11 is 0. The van der Waals surface area contributed by atoms with Gasteiger partial charge in [-0.05, 0) is 5.57 Å². The Balaban J connectivity index is 2.39. The lowest BCUT2D eigenvalue weighted by Gasteiger charge is -2.08. The predicted molar refractivity (Wildman–Crippen MR) is 30.0 cm³/mol. The Labute approximate surface area is 53.4 Å². The van der Waals surface area contributed by atoms with Crippen molar-refractivity contribution in [2.45, 2.75) is 12.8 Å². The van der Waals surface area contributed by atoms with Crippen molar-refractivity contribution >= 4 is 0 Å². The maximum Gasteiger partial charge on any atom is 0.129 e. The van der Waals surface area contributed by atoms with E-state index < -0.39 is 0 Å². The Hall–Kier alpha value is -1.01. The Bertz CT molecular complexity index is 157. The monoisotopic (exact) mass is 125 g/mol. The molecule has 1 aliphatic heterocycles. The van der Waals surface area contributed by atoms with Crippen molar-refractivity contribution in [3.63, 3.8) is 0 Å². The summed E-state index contributed by atoms with van der Waals surface area (Å²) in [4.78, 5) is 9.08. The van der Waals surface area contributed by atoms with E-state index in [4.69, 9.17) is 5.26 Å². The smallest absolute Gasteiger partial charge is 0.129 e. The molecule has 0 aromatic heterocycles. The highest BCUT2D eigenvalue weighted by molar-refractivity contribution is 5.05. The maximum atomic E-state index is 8.23. The lowest BCUT2D eigenvalue weighted by molar-refractivity contribution is -0.256. The molecule has 1 aliphatic rings. The predicted octanol–water partition coefficient (Wildman–Crippen LogP) is 1.14. The number of hydrogen-bond acceptors (Lipinski definition) is 3. The van der Waals surface area contributed by atoms with Crippen LogP contribution in [0, 0.1) is 11.3 Å². The first-order valence-electron chi connectivity index (χ1n) is 2.76. The molecule has 3 heteroatoms. The van der Waals surface area contributed by atoms with E-state index in [0.29, 0.717) is 13.0 Å². The lowest BCUT2D eigenvalue weighted by atomic mass is 10.1. The zero-order chi connectivity index (χ0) is 6.53. The Morgan fingerprint density at radius 2 is 2.67 bits per heavy atom. The topological polar surface area (TPSA) is 42.2 Å². The molecule has 3 nitrogen and oxygen atoms in total. The zero-order valence-corrected chi connectivity index (χ0v) is 4.96. The standard InChI is InChI=1S/C6H7NO2/c7-3-1-6-2-4-8-9-5-6/h5H,1-2,4H2. The van der Waals surface area contributed by atoms with Crippen molar-refractivity contribution in [1.29, 1.82) is 5.26 Å². The second-order valence-corrected chi connectivity index (χ2v) is 1.78. The van der Waals surface area contributed by atoms with Crippen molar-refractivity contribution in [3.05, 3.63) is 11.8 Å². The maximum absolute atomic E-state index is 8.23. The molecule has 0 saturated carbocycles. The van der Waals surface area contributed by atoms with Gasteiger partial charge in [-0.25, -0.2) is 0 Å². The van der Waals surface area contributed by atoms with E-state index >= 15 is 0 Å². The molecular formula is C6H7NO2. The Kier molecular flexibility index (Phi) is 2.11. The van der Waals surface area contributed by atoms with Gasteiger partial charge in [-0.3, -0.25) is 0 Å². The van der Waals surface area contributed by atoms with Crippen LogP contribution in [-0.2, 0) is 9.78 Å². The average molecular weight is 125 g/mol. The minimum absolute atomic E-state index is 0.448. The van der Waals surface area contributed by atoms with E-state index in [2.05, 4.69) is 9.78 Å². The van der Waals surface area contributed by atoms with Crippen LogP contribution in [0.25, 0.3) is 0 Å². The number of nitrogens with zero attached hydrogens (tertiary/aromatic N) is 1. The first-order chi connectivity index (χ1) is 4.43. The van der Waals surface area contributed by atoms with Gasteiger partial charge in [0.15, 0.2) is 0 Å². The molecule has 1 rings (SSSR count). The van der Waals surface area contributed by atoms with Gasteiger partial charge in [-0.15, -0.1) is 0 Å². The second kappa shape index (κ2) is 3.10. The fourth-order valence-electron chi connectivity index (χ4n) is 0.613. The summed E-state index contributed by atoms with van der Waals surface area (Å²) in [5, 5.41) is 8.23. The largest absolute Gasteiger partial charge is 0.345 e. The molecule has 0 radical (unpaired) electrons. The highest BCUT2D eigenvalue weighted by atomic mass is 17.2. The van der Waals surface area contributed by atoms with Gasteiger partial charge in [0.05, 0.1) is 19.1 Å². The van der Waals surface area contributed by atoms with Crippen LogP contribution in [0.2, 0.25) is 0 Å². The molecule has 48 valence electrons. The van der Waals surface area contributed by atoms with E-state index in [1.165, 1.54) is 6.26 Å². The van der Waals surface area contributed by atoms with E-state index in [-0.39, 0.29) is 0 Å². The molecule has 0 N–H and O–H groups in total. The first kappa shape index (κ1) is 6.12. The van der Waals surface area contributed by atoms with Gasteiger partial charge < -0.3 is 4.89 Å². The van der Waals surface area contributed by atoms with Crippen molar-refractivity contribution in [2.24, 2.45) is 0 Å². The van der Waals surface area contributed by atoms with Gasteiger partial charge in [-0.2, -0.15) is 10.1 Å². The molecule has 0 amide bonds. The second-order valence-electron chi connectivity index (χ2n) is 1.78. The van der Waals surface area contributed by atoms with Gasteiger partial charge in [-0.1, -0.05) is 0 Å². The minimum atomic E-state index is 0.448. The number of hydrogen-bond donors (Lipinski definition) is 0. The fraction of sp³-hybridized carbons (Fsp3) is 0.500. The van der Waals surface area contributed by atoms with Crippen LogP contribution in [0.15, 0.2) is 11.8 Å². The van der Waals surface area contributed by atoms with Gasteiger partial charge >= 0.3 is 0 Å². The van der Waals surface area contributed by atoms with Crippen molar-refractivity contribution in [1.82, 2.24) is 0 Å². The quantitative estimate of drug-likeness (QED) is 0.493. The Morgan fingerprint density at radius 3 is 3.22 bits per heavy atom. The van der Waals surface area contributed by atoms with Crippen LogP contribution in [0.4, 0.5) is 0 Å². The Morgan fingerprint density at radius 1 is 1.78 bits per heavy atom. The molecule has 0 spiro atoms. The molecule has 1 heterocycles. The highest BCUT2D eigenvalue weighted by Gasteiger charge is 2.02. The summed E-state index contributed by atoms with van der Waals surface area (Å²) in [7, 11) is 0. The van der Waals surface area contributed by atoms with Gasteiger partial charge in [0, 0.05) is 6.42 Å². The van der Waals surface area contributed by atoms with E-state index in [0.717, 1.165) is 12.0 Å². The first-order valence-corrected chi connectivity index (χ1v) is 2.76. The summed E-state index contributed by atoms with van der Waals surface area (Å²) in [6.45, 7) is 0.563. The van der Waals surface area contributed by atoms with Gasteiger partial charge in [0.25, 0.3) is 0 Å². The van der Waals surface area contributed by atoms with Crippen molar-refractivity contribution in [3.8, 4) is 6.07 Å². The van der Waals surface area contributed by atoms with E-state index in [1.54, 1.807) is 0 Å². The molecule has 0 aliphatic carbocycles. The van der Waals surface area contributed by atoms with Crippen molar-refractivity contribution in [2.75, 3.05) is 6.61 Å². The van der Waals surface area contributed by atoms with Gasteiger partial charge in [0.1, 0.15) is 6.26 Å². The molecule has 0 aromatic rings. The SMILES string of the molecule is N#CCC1=COOCC1. The summed E-state index contributed by atoms with van der Waals surface area (Å²) in [6.07, 6.45) is 2.75.